The first-order valence-corrected chi connectivity index (χ1v) is 10.0. The van der Waals surface area contributed by atoms with E-state index in [1.54, 1.807) is 16.9 Å². The van der Waals surface area contributed by atoms with Crippen molar-refractivity contribution in [2.45, 2.75) is 33.7 Å². The number of carbonyl (C=O) groups excluding carboxylic acids is 1. The van der Waals surface area contributed by atoms with Gasteiger partial charge in [-0.1, -0.05) is 11.6 Å². The standard InChI is InChI=1S/C23H19ClN4O3/c1-12(2)28-22-18(11-26-28)17(9-20(27-22)16-7-13(3)30-14(16)4)23(29)31-21-6-5-15(10-25)8-19(21)24/h5-9,11-12H,1-4H3. The van der Waals surface area contributed by atoms with Crippen molar-refractivity contribution in [1.29, 1.82) is 5.26 Å². The third-order valence-corrected chi connectivity index (χ3v) is 5.15. The summed E-state index contributed by atoms with van der Waals surface area (Å²) in [6, 6.07) is 10.1. The van der Waals surface area contributed by atoms with Gasteiger partial charge in [0, 0.05) is 11.6 Å². The van der Waals surface area contributed by atoms with Gasteiger partial charge in [-0.15, -0.1) is 0 Å². The number of nitriles is 1. The highest BCUT2D eigenvalue weighted by Crippen LogP contribution is 2.32. The summed E-state index contributed by atoms with van der Waals surface area (Å²) in [5.41, 5.74) is 2.64. The average molecular weight is 435 g/mol. The van der Waals surface area contributed by atoms with Crippen molar-refractivity contribution in [2.24, 2.45) is 0 Å². The summed E-state index contributed by atoms with van der Waals surface area (Å²) in [6.07, 6.45) is 1.61. The van der Waals surface area contributed by atoms with Gasteiger partial charge in [-0.2, -0.15) is 10.4 Å². The maximum Gasteiger partial charge on any atom is 0.344 e. The lowest BCUT2D eigenvalue weighted by Crippen LogP contribution is -2.11. The lowest BCUT2D eigenvalue weighted by atomic mass is 10.1. The molecule has 0 aliphatic carbocycles. The molecule has 0 fully saturated rings. The minimum Gasteiger partial charge on any atom is -0.466 e. The molecule has 0 aliphatic heterocycles. The van der Waals surface area contributed by atoms with Crippen molar-refractivity contribution in [3.8, 4) is 23.1 Å². The van der Waals surface area contributed by atoms with Gasteiger partial charge >= 0.3 is 5.97 Å². The number of halogens is 1. The Morgan fingerprint density at radius 3 is 2.65 bits per heavy atom. The molecule has 1 aromatic carbocycles. The molecule has 7 nitrogen and oxygen atoms in total. The van der Waals surface area contributed by atoms with E-state index in [2.05, 4.69) is 5.10 Å². The Morgan fingerprint density at radius 2 is 2.03 bits per heavy atom. The number of fused-ring (bicyclic) bond motifs is 1. The van der Waals surface area contributed by atoms with Crippen molar-refractivity contribution in [3.63, 3.8) is 0 Å². The molecule has 3 heterocycles. The second kappa shape index (κ2) is 7.89. The van der Waals surface area contributed by atoms with Crippen LogP contribution in [-0.2, 0) is 0 Å². The van der Waals surface area contributed by atoms with Crippen LogP contribution in [0.4, 0.5) is 0 Å². The number of hydrogen-bond donors (Lipinski definition) is 0. The van der Waals surface area contributed by atoms with E-state index in [0.29, 0.717) is 33.6 Å². The molecule has 0 bridgehead atoms. The van der Waals surface area contributed by atoms with Gasteiger partial charge in [0.25, 0.3) is 0 Å². The maximum absolute atomic E-state index is 13.2. The van der Waals surface area contributed by atoms with Crippen LogP contribution in [0.25, 0.3) is 22.3 Å². The molecule has 4 rings (SSSR count). The molecule has 3 aromatic heterocycles. The summed E-state index contributed by atoms with van der Waals surface area (Å²) in [5, 5.41) is 14.2. The third-order valence-electron chi connectivity index (χ3n) is 4.86. The van der Waals surface area contributed by atoms with Crippen molar-refractivity contribution in [3.05, 3.63) is 64.2 Å². The molecule has 0 atom stereocenters. The number of esters is 1. The third kappa shape index (κ3) is 3.78. The summed E-state index contributed by atoms with van der Waals surface area (Å²) in [5.74, 6) is 1.03. The minimum absolute atomic E-state index is 0.0456. The number of benzene rings is 1. The van der Waals surface area contributed by atoms with E-state index in [9.17, 15) is 4.79 Å². The first kappa shape index (κ1) is 20.6. The molecule has 0 aliphatic rings. The zero-order valence-electron chi connectivity index (χ0n) is 17.4. The van der Waals surface area contributed by atoms with Crippen molar-refractivity contribution < 1.29 is 13.9 Å². The van der Waals surface area contributed by atoms with Crippen molar-refractivity contribution in [2.75, 3.05) is 0 Å². The van der Waals surface area contributed by atoms with Gasteiger partial charge in [-0.3, -0.25) is 0 Å². The summed E-state index contributed by atoms with van der Waals surface area (Å²) >= 11 is 6.18. The SMILES string of the molecule is Cc1cc(-c2cc(C(=O)Oc3ccc(C#N)cc3Cl)c3cnn(C(C)C)c3n2)c(C)o1. The molecule has 0 saturated heterocycles. The molecule has 0 N–H and O–H groups in total. The molecule has 31 heavy (non-hydrogen) atoms. The van der Waals surface area contributed by atoms with Crippen LogP contribution < -0.4 is 4.74 Å². The number of pyridine rings is 1. The van der Waals surface area contributed by atoms with E-state index < -0.39 is 5.97 Å². The Balaban J connectivity index is 1.85. The summed E-state index contributed by atoms with van der Waals surface area (Å²) < 4.78 is 13.0. The van der Waals surface area contributed by atoms with Gasteiger partial charge in [0.2, 0.25) is 0 Å². The van der Waals surface area contributed by atoms with Crippen LogP contribution in [0.2, 0.25) is 5.02 Å². The average Bonchev–Trinajstić information content (AvgIpc) is 3.31. The second-order valence-electron chi connectivity index (χ2n) is 7.45. The highest BCUT2D eigenvalue weighted by Gasteiger charge is 2.22. The Kier molecular flexibility index (Phi) is 5.25. The number of rotatable bonds is 4. The van der Waals surface area contributed by atoms with Gasteiger partial charge in [0.15, 0.2) is 5.65 Å². The molecule has 0 amide bonds. The highest BCUT2D eigenvalue weighted by molar-refractivity contribution is 6.32. The molecule has 0 unspecified atom stereocenters. The Bertz CT molecular complexity index is 1360. The number of aromatic nitrogens is 3. The highest BCUT2D eigenvalue weighted by atomic mass is 35.5. The fraction of sp³-hybridized carbons (Fsp3) is 0.217. The molecule has 156 valence electrons. The van der Waals surface area contributed by atoms with Gasteiger partial charge in [0.1, 0.15) is 17.3 Å². The van der Waals surface area contributed by atoms with Crippen LogP contribution in [0.5, 0.6) is 5.75 Å². The number of nitrogens with zero attached hydrogens (tertiary/aromatic N) is 4. The number of ether oxygens (including phenoxy) is 1. The Morgan fingerprint density at radius 1 is 1.26 bits per heavy atom. The number of furan rings is 1. The zero-order valence-corrected chi connectivity index (χ0v) is 18.2. The smallest absolute Gasteiger partial charge is 0.344 e. The quantitative estimate of drug-likeness (QED) is 0.305. The minimum atomic E-state index is -0.596. The predicted octanol–water partition coefficient (Wildman–Crippen LogP) is 5.63. The topological polar surface area (TPSA) is 93.9 Å². The van der Waals surface area contributed by atoms with E-state index in [1.807, 2.05) is 39.8 Å². The largest absolute Gasteiger partial charge is 0.466 e. The lowest BCUT2D eigenvalue weighted by Gasteiger charge is -2.11. The second-order valence-corrected chi connectivity index (χ2v) is 7.86. The number of hydrogen-bond acceptors (Lipinski definition) is 6. The number of carbonyl (C=O) groups is 1. The van der Waals surface area contributed by atoms with Crippen molar-refractivity contribution >= 4 is 28.6 Å². The molecular weight excluding hydrogens is 416 g/mol. The lowest BCUT2D eigenvalue weighted by molar-refractivity contribution is 0.0737. The van der Waals surface area contributed by atoms with Crippen LogP contribution in [0.15, 0.2) is 40.9 Å². The van der Waals surface area contributed by atoms with Gasteiger partial charge < -0.3 is 9.15 Å². The van der Waals surface area contributed by atoms with E-state index in [-0.39, 0.29) is 16.8 Å². The van der Waals surface area contributed by atoms with Gasteiger partial charge in [-0.05, 0) is 58.0 Å². The Hall–Kier alpha value is -3.63. The molecule has 0 spiro atoms. The molecule has 0 radical (unpaired) electrons. The van der Waals surface area contributed by atoms with E-state index in [4.69, 9.17) is 31.0 Å². The molecular formula is C23H19ClN4O3. The summed E-state index contributed by atoms with van der Waals surface area (Å²) in [6.45, 7) is 7.68. The summed E-state index contributed by atoms with van der Waals surface area (Å²) in [4.78, 5) is 17.9. The molecule has 8 heteroatoms. The first-order chi connectivity index (χ1) is 14.8. The maximum atomic E-state index is 13.2. The normalized spacial score (nSPS) is 11.1. The Labute approximate surface area is 183 Å². The van der Waals surface area contributed by atoms with Crippen LogP contribution in [0.1, 0.15) is 47.3 Å². The van der Waals surface area contributed by atoms with Crippen LogP contribution in [0, 0.1) is 25.2 Å². The first-order valence-electron chi connectivity index (χ1n) is 9.66. The van der Waals surface area contributed by atoms with E-state index in [1.165, 1.54) is 18.2 Å². The predicted molar refractivity (Wildman–Crippen MR) is 116 cm³/mol. The van der Waals surface area contributed by atoms with Crippen molar-refractivity contribution in [1.82, 2.24) is 14.8 Å². The van der Waals surface area contributed by atoms with Gasteiger partial charge in [0.05, 0.1) is 39.5 Å². The van der Waals surface area contributed by atoms with Crippen LogP contribution in [0.3, 0.4) is 0 Å². The summed E-state index contributed by atoms with van der Waals surface area (Å²) in [7, 11) is 0. The monoisotopic (exact) mass is 434 g/mol. The zero-order chi connectivity index (χ0) is 22.3. The van der Waals surface area contributed by atoms with Crippen LogP contribution in [-0.4, -0.2) is 20.7 Å². The fourth-order valence-corrected chi connectivity index (χ4v) is 3.62. The number of aryl methyl sites for hydroxylation is 2. The molecule has 0 saturated carbocycles. The van der Waals surface area contributed by atoms with E-state index in [0.717, 1.165) is 11.3 Å². The van der Waals surface area contributed by atoms with E-state index >= 15 is 0 Å². The fourth-order valence-electron chi connectivity index (χ4n) is 3.40. The molecule has 4 aromatic rings. The van der Waals surface area contributed by atoms with Crippen LogP contribution >= 0.6 is 11.6 Å². The van der Waals surface area contributed by atoms with Gasteiger partial charge in [-0.25, -0.2) is 14.5 Å².